The van der Waals surface area contributed by atoms with Crippen molar-refractivity contribution < 1.29 is 4.79 Å². The third-order valence-corrected chi connectivity index (χ3v) is 2.73. The van der Waals surface area contributed by atoms with Crippen LogP contribution in [-0.4, -0.2) is 23.7 Å². The van der Waals surface area contributed by atoms with Crippen LogP contribution < -0.4 is 5.32 Å². The molecule has 2 rings (SSSR count). The molecule has 0 radical (unpaired) electrons. The highest BCUT2D eigenvalue weighted by molar-refractivity contribution is 6.38. The quantitative estimate of drug-likeness (QED) is 0.570. The van der Waals surface area contributed by atoms with Crippen LogP contribution in [0, 0.1) is 0 Å². The van der Waals surface area contributed by atoms with E-state index in [2.05, 4.69) is 10.3 Å². The summed E-state index contributed by atoms with van der Waals surface area (Å²) in [5.41, 5.74) is 0.651. The largest absolute Gasteiger partial charge is 0.346 e. The number of fused-ring (bicyclic) bond motifs is 1. The molecular formula is C9H14N2O. The molecule has 3 nitrogen and oxygen atoms in total. The number of hydrogen-bond donors (Lipinski definition) is 1. The van der Waals surface area contributed by atoms with Crippen LogP contribution in [0.3, 0.4) is 0 Å². The number of nitrogens with zero attached hydrogens (tertiary/aromatic N) is 1. The fourth-order valence-corrected chi connectivity index (χ4v) is 2.01. The van der Waals surface area contributed by atoms with Crippen molar-refractivity contribution in [2.45, 2.75) is 44.7 Å². The molecular weight excluding hydrogens is 152 g/mol. The number of nitrogens with one attached hydrogen (secondary N) is 1. The van der Waals surface area contributed by atoms with Crippen LogP contribution in [0.2, 0.25) is 0 Å². The summed E-state index contributed by atoms with van der Waals surface area (Å²) in [5.74, 6) is 0.0261. The highest BCUT2D eigenvalue weighted by atomic mass is 16.2. The van der Waals surface area contributed by atoms with Gasteiger partial charge in [0.05, 0.1) is 17.8 Å². The van der Waals surface area contributed by atoms with Crippen molar-refractivity contribution in [3.8, 4) is 0 Å². The Hall–Kier alpha value is -0.860. The van der Waals surface area contributed by atoms with E-state index in [9.17, 15) is 4.79 Å². The molecule has 0 spiro atoms. The summed E-state index contributed by atoms with van der Waals surface area (Å²) in [6.45, 7) is 1.79. The van der Waals surface area contributed by atoms with Gasteiger partial charge in [-0.2, -0.15) is 0 Å². The van der Waals surface area contributed by atoms with E-state index < -0.39 is 0 Å². The van der Waals surface area contributed by atoms with Crippen LogP contribution in [0.25, 0.3) is 0 Å². The monoisotopic (exact) mass is 166 g/mol. The van der Waals surface area contributed by atoms with Gasteiger partial charge in [-0.25, -0.2) is 0 Å². The van der Waals surface area contributed by atoms with Crippen molar-refractivity contribution in [2.24, 2.45) is 4.99 Å². The Morgan fingerprint density at radius 3 is 3.00 bits per heavy atom. The molecule has 1 fully saturated rings. The molecule has 1 aliphatic carbocycles. The fraction of sp³-hybridized carbons (Fsp3) is 0.778. The van der Waals surface area contributed by atoms with Gasteiger partial charge >= 0.3 is 0 Å². The molecule has 3 heteroatoms. The van der Waals surface area contributed by atoms with Crippen LogP contribution in [0.15, 0.2) is 4.99 Å². The molecule has 1 saturated carbocycles. The van der Waals surface area contributed by atoms with Gasteiger partial charge in [-0.3, -0.25) is 9.79 Å². The Balaban J connectivity index is 2.17. The zero-order valence-electron chi connectivity index (χ0n) is 7.34. The van der Waals surface area contributed by atoms with Gasteiger partial charge < -0.3 is 5.32 Å². The minimum absolute atomic E-state index is 0.0261. The Morgan fingerprint density at radius 2 is 2.17 bits per heavy atom. The normalized spacial score (nSPS) is 35.1. The third kappa shape index (κ3) is 1.24. The van der Waals surface area contributed by atoms with Crippen LogP contribution in [-0.2, 0) is 4.79 Å². The summed E-state index contributed by atoms with van der Waals surface area (Å²) < 4.78 is 0. The number of amides is 1. The SMILES string of the molecule is CC1=NC2CCCCC2NC1=O. The standard InChI is InChI=1S/C9H14N2O/c1-6-9(12)11-8-5-3-2-4-7(8)10-6/h7-8H,2-5H2,1H3,(H,11,12). The first kappa shape index (κ1) is 7.77. The van der Waals surface area contributed by atoms with Crippen LogP contribution in [0.1, 0.15) is 32.6 Å². The molecule has 2 atom stereocenters. The molecule has 0 saturated heterocycles. The van der Waals surface area contributed by atoms with Crippen LogP contribution in [0.5, 0.6) is 0 Å². The topological polar surface area (TPSA) is 41.5 Å². The number of carbonyl (C=O) groups is 1. The van der Waals surface area contributed by atoms with Gasteiger partial charge in [0.1, 0.15) is 0 Å². The van der Waals surface area contributed by atoms with Crippen molar-refractivity contribution in [1.29, 1.82) is 0 Å². The van der Waals surface area contributed by atoms with E-state index in [-0.39, 0.29) is 5.91 Å². The Morgan fingerprint density at radius 1 is 1.42 bits per heavy atom. The summed E-state index contributed by atoms with van der Waals surface area (Å²) in [6, 6.07) is 0.700. The van der Waals surface area contributed by atoms with E-state index in [1.165, 1.54) is 12.8 Å². The second kappa shape index (κ2) is 2.88. The summed E-state index contributed by atoms with van der Waals surface area (Å²) in [6.07, 6.45) is 4.74. The molecule has 2 unspecified atom stereocenters. The van der Waals surface area contributed by atoms with Gasteiger partial charge in [-0.1, -0.05) is 12.8 Å². The van der Waals surface area contributed by atoms with E-state index in [0.717, 1.165) is 12.8 Å². The number of carbonyl (C=O) groups excluding carboxylic acids is 1. The minimum atomic E-state index is 0.0261. The average molecular weight is 166 g/mol. The van der Waals surface area contributed by atoms with Gasteiger partial charge in [0, 0.05) is 0 Å². The first-order valence-electron chi connectivity index (χ1n) is 4.62. The van der Waals surface area contributed by atoms with E-state index in [0.29, 0.717) is 17.8 Å². The second-order valence-corrected chi connectivity index (χ2v) is 3.65. The Kier molecular flexibility index (Phi) is 1.87. The summed E-state index contributed by atoms with van der Waals surface area (Å²) in [7, 11) is 0. The van der Waals surface area contributed by atoms with Crippen molar-refractivity contribution in [1.82, 2.24) is 5.32 Å². The van der Waals surface area contributed by atoms with Gasteiger partial charge in [-0.15, -0.1) is 0 Å². The van der Waals surface area contributed by atoms with Crippen molar-refractivity contribution >= 4 is 11.6 Å². The number of hydrogen-bond acceptors (Lipinski definition) is 2. The average Bonchev–Trinajstić information content (AvgIpc) is 2.07. The van der Waals surface area contributed by atoms with Gasteiger partial charge in [-0.05, 0) is 19.8 Å². The second-order valence-electron chi connectivity index (χ2n) is 3.65. The third-order valence-electron chi connectivity index (χ3n) is 2.73. The lowest BCUT2D eigenvalue weighted by Crippen LogP contribution is -2.50. The minimum Gasteiger partial charge on any atom is -0.346 e. The maximum Gasteiger partial charge on any atom is 0.265 e. The summed E-state index contributed by atoms with van der Waals surface area (Å²) in [5, 5.41) is 3.00. The Bertz CT molecular complexity index is 235. The molecule has 0 aromatic carbocycles. The van der Waals surface area contributed by atoms with Crippen molar-refractivity contribution in [2.75, 3.05) is 0 Å². The molecule has 1 heterocycles. The fourth-order valence-electron chi connectivity index (χ4n) is 2.01. The maximum atomic E-state index is 11.2. The van der Waals surface area contributed by atoms with Gasteiger partial charge in [0.25, 0.3) is 5.91 Å². The highest BCUT2D eigenvalue weighted by Gasteiger charge is 2.30. The molecule has 0 aromatic heterocycles. The summed E-state index contributed by atoms with van der Waals surface area (Å²) in [4.78, 5) is 15.6. The van der Waals surface area contributed by atoms with Gasteiger partial charge in [0.2, 0.25) is 0 Å². The van der Waals surface area contributed by atoms with E-state index in [1.54, 1.807) is 6.92 Å². The number of rotatable bonds is 0. The van der Waals surface area contributed by atoms with Gasteiger partial charge in [0.15, 0.2) is 0 Å². The predicted molar refractivity (Wildman–Crippen MR) is 47.3 cm³/mol. The maximum absolute atomic E-state index is 11.2. The smallest absolute Gasteiger partial charge is 0.265 e. The number of aliphatic imine (C=N–C) groups is 1. The lowest BCUT2D eigenvalue weighted by atomic mass is 9.89. The molecule has 0 bridgehead atoms. The lowest BCUT2D eigenvalue weighted by molar-refractivity contribution is -0.116. The van der Waals surface area contributed by atoms with Crippen molar-refractivity contribution in [3.05, 3.63) is 0 Å². The molecule has 12 heavy (non-hydrogen) atoms. The summed E-state index contributed by atoms with van der Waals surface area (Å²) >= 11 is 0. The molecule has 1 aliphatic heterocycles. The molecule has 0 aromatic rings. The first-order valence-corrected chi connectivity index (χ1v) is 4.62. The zero-order valence-corrected chi connectivity index (χ0v) is 7.34. The van der Waals surface area contributed by atoms with Crippen molar-refractivity contribution in [3.63, 3.8) is 0 Å². The van der Waals surface area contributed by atoms with E-state index >= 15 is 0 Å². The molecule has 1 N–H and O–H groups in total. The molecule has 66 valence electrons. The highest BCUT2D eigenvalue weighted by Crippen LogP contribution is 2.23. The zero-order chi connectivity index (χ0) is 8.55. The predicted octanol–water partition coefficient (Wildman–Crippen LogP) is 0.888. The van der Waals surface area contributed by atoms with Crippen LogP contribution >= 0.6 is 0 Å². The molecule has 2 aliphatic rings. The first-order chi connectivity index (χ1) is 5.77. The molecule has 1 amide bonds. The Labute approximate surface area is 72.3 Å². The van der Waals surface area contributed by atoms with E-state index in [1.807, 2.05) is 0 Å². The van der Waals surface area contributed by atoms with Crippen LogP contribution in [0.4, 0.5) is 0 Å². The lowest BCUT2D eigenvalue weighted by Gasteiger charge is -2.33. The van der Waals surface area contributed by atoms with E-state index in [4.69, 9.17) is 0 Å².